The molecule has 112 valence electrons. The van der Waals surface area contributed by atoms with Gasteiger partial charge in [0, 0.05) is 17.7 Å². The molecular weight excluding hydrogens is 279 g/mol. The Morgan fingerprint density at radius 1 is 1.37 bits per heavy atom. The van der Waals surface area contributed by atoms with Crippen molar-refractivity contribution in [1.29, 1.82) is 0 Å². The van der Waals surface area contributed by atoms with Crippen LogP contribution in [0.15, 0.2) is 0 Å². The molecule has 1 saturated carbocycles. The summed E-state index contributed by atoms with van der Waals surface area (Å²) in [6, 6.07) is 0.138. The fraction of sp³-hybridized carbons (Fsp3) is 0.917. The molecule has 0 saturated heterocycles. The fourth-order valence-electron chi connectivity index (χ4n) is 2.18. The lowest BCUT2D eigenvalue weighted by Gasteiger charge is -2.30. The van der Waals surface area contributed by atoms with Gasteiger partial charge in [0.2, 0.25) is 5.91 Å². The van der Waals surface area contributed by atoms with Gasteiger partial charge >= 0.3 is 6.18 Å². The van der Waals surface area contributed by atoms with Crippen LogP contribution in [0.1, 0.15) is 32.1 Å². The Kier molecular flexibility index (Phi) is 6.99. The first-order chi connectivity index (χ1) is 8.92. The molecule has 0 aromatic heterocycles. The average molecular weight is 299 g/mol. The fourth-order valence-corrected chi connectivity index (χ4v) is 3.11. The van der Waals surface area contributed by atoms with Crippen LogP contribution in [-0.2, 0) is 9.53 Å². The van der Waals surface area contributed by atoms with E-state index in [9.17, 15) is 18.0 Å². The minimum absolute atomic E-state index is 0.0202. The number of alkyl halides is 3. The quantitative estimate of drug-likeness (QED) is 0.766. The lowest BCUT2D eigenvalue weighted by molar-refractivity contribution is -0.174. The van der Waals surface area contributed by atoms with Crippen molar-refractivity contribution in [3.63, 3.8) is 0 Å². The van der Waals surface area contributed by atoms with Crippen molar-refractivity contribution in [3.8, 4) is 0 Å². The van der Waals surface area contributed by atoms with Crippen molar-refractivity contribution >= 4 is 17.7 Å². The third-order valence-electron chi connectivity index (χ3n) is 3.09. The van der Waals surface area contributed by atoms with E-state index >= 15 is 0 Å². The highest BCUT2D eigenvalue weighted by atomic mass is 32.2. The van der Waals surface area contributed by atoms with Gasteiger partial charge in [-0.15, -0.1) is 0 Å². The summed E-state index contributed by atoms with van der Waals surface area (Å²) in [4.78, 5) is 11.6. The van der Waals surface area contributed by atoms with Gasteiger partial charge < -0.3 is 10.1 Å². The molecule has 0 bridgehead atoms. The number of thioether (sulfide) groups is 1. The van der Waals surface area contributed by atoms with E-state index in [2.05, 4.69) is 10.1 Å². The molecule has 1 N–H and O–H groups in total. The first-order valence-corrected chi connectivity index (χ1v) is 7.68. The molecule has 0 aromatic carbocycles. The minimum atomic E-state index is -4.33. The largest absolute Gasteiger partial charge is 0.411 e. The van der Waals surface area contributed by atoms with E-state index < -0.39 is 12.8 Å². The van der Waals surface area contributed by atoms with Crippen LogP contribution in [-0.4, -0.2) is 42.8 Å². The van der Waals surface area contributed by atoms with E-state index in [4.69, 9.17) is 0 Å². The summed E-state index contributed by atoms with van der Waals surface area (Å²) in [5.74, 6) is -0.229. The minimum Gasteiger partial charge on any atom is -0.372 e. The van der Waals surface area contributed by atoms with Crippen LogP contribution in [0.3, 0.4) is 0 Å². The molecule has 1 aliphatic rings. The van der Waals surface area contributed by atoms with Crippen molar-refractivity contribution in [2.45, 2.75) is 49.6 Å². The molecule has 7 heteroatoms. The summed E-state index contributed by atoms with van der Waals surface area (Å²) in [6.45, 7) is -1.49. The summed E-state index contributed by atoms with van der Waals surface area (Å²) in [6.07, 6.45) is 1.95. The Labute approximate surface area is 115 Å². The molecule has 0 aliphatic heterocycles. The number of carbonyl (C=O) groups is 1. The standard InChI is InChI=1S/C12H20F3NO2S/c1-19-10-5-3-2-4-9(10)16-11(17)6-7-18-8-12(13,14)15/h9-10H,2-8H2,1H3,(H,16,17). The number of nitrogens with one attached hydrogen (secondary N) is 1. The summed E-state index contributed by atoms with van der Waals surface area (Å²) in [5.41, 5.74) is 0. The maximum atomic E-state index is 11.8. The highest BCUT2D eigenvalue weighted by Crippen LogP contribution is 2.27. The Morgan fingerprint density at radius 2 is 2.05 bits per heavy atom. The molecular formula is C12H20F3NO2S. The predicted octanol–water partition coefficient (Wildman–Crippen LogP) is 2.75. The molecule has 1 fully saturated rings. The Balaban J connectivity index is 2.19. The molecule has 2 unspecified atom stereocenters. The van der Waals surface area contributed by atoms with E-state index in [-0.39, 0.29) is 25.0 Å². The molecule has 2 atom stereocenters. The zero-order valence-electron chi connectivity index (χ0n) is 11.0. The number of carbonyl (C=O) groups excluding carboxylic acids is 1. The smallest absolute Gasteiger partial charge is 0.372 e. The van der Waals surface area contributed by atoms with Gasteiger partial charge in [0.15, 0.2) is 0 Å². The second kappa shape index (κ2) is 7.99. The van der Waals surface area contributed by atoms with Crippen LogP contribution in [0.5, 0.6) is 0 Å². The van der Waals surface area contributed by atoms with Crippen LogP contribution in [0.4, 0.5) is 13.2 Å². The van der Waals surface area contributed by atoms with Crippen molar-refractivity contribution in [2.75, 3.05) is 19.5 Å². The van der Waals surface area contributed by atoms with Gasteiger partial charge in [-0.1, -0.05) is 12.8 Å². The van der Waals surface area contributed by atoms with Crippen LogP contribution in [0.2, 0.25) is 0 Å². The average Bonchev–Trinajstić information content (AvgIpc) is 2.34. The highest BCUT2D eigenvalue weighted by Gasteiger charge is 2.28. The topological polar surface area (TPSA) is 38.3 Å². The number of hydrogen-bond acceptors (Lipinski definition) is 3. The molecule has 0 spiro atoms. The number of ether oxygens (including phenoxy) is 1. The second-order valence-electron chi connectivity index (χ2n) is 4.65. The van der Waals surface area contributed by atoms with Crippen LogP contribution in [0.25, 0.3) is 0 Å². The van der Waals surface area contributed by atoms with E-state index in [1.165, 1.54) is 6.42 Å². The van der Waals surface area contributed by atoms with E-state index in [1.54, 1.807) is 11.8 Å². The Morgan fingerprint density at radius 3 is 2.68 bits per heavy atom. The van der Waals surface area contributed by atoms with Crippen molar-refractivity contribution in [1.82, 2.24) is 5.32 Å². The lowest BCUT2D eigenvalue weighted by atomic mass is 9.95. The first kappa shape index (κ1) is 16.6. The van der Waals surface area contributed by atoms with E-state index in [0.717, 1.165) is 19.3 Å². The molecule has 1 rings (SSSR count). The molecule has 0 radical (unpaired) electrons. The third-order valence-corrected chi connectivity index (χ3v) is 4.26. The van der Waals surface area contributed by atoms with Crippen LogP contribution >= 0.6 is 11.8 Å². The summed E-state index contributed by atoms with van der Waals surface area (Å²) in [5, 5.41) is 3.31. The maximum absolute atomic E-state index is 11.8. The van der Waals surface area contributed by atoms with Gasteiger partial charge in [0.1, 0.15) is 6.61 Å². The molecule has 3 nitrogen and oxygen atoms in total. The molecule has 1 amide bonds. The third kappa shape index (κ3) is 7.06. The van der Waals surface area contributed by atoms with Crippen LogP contribution < -0.4 is 5.32 Å². The Hall–Kier alpha value is -0.430. The lowest BCUT2D eigenvalue weighted by Crippen LogP contribution is -2.44. The van der Waals surface area contributed by atoms with Gasteiger partial charge in [-0.3, -0.25) is 4.79 Å². The monoisotopic (exact) mass is 299 g/mol. The van der Waals surface area contributed by atoms with Crippen molar-refractivity contribution < 1.29 is 22.7 Å². The van der Waals surface area contributed by atoms with Crippen molar-refractivity contribution in [2.24, 2.45) is 0 Å². The maximum Gasteiger partial charge on any atom is 0.411 e. The molecule has 0 heterocycles. The molecule has 1 aliphatic carbocycles. The number of amides is 1. The number of rotatable bonds is 6. The normalized spacial score (nSPS) is 24.2. The zero-order valence-corrected chi connectivity index (χ0v) is 11.8. The Bertz CT molecular complexity index is 287. The summed E-state index contributed by atoms with van der Waals surface area (Å²) in [7, 11) is 0. The van der Waals surface area contributed by atoms with Gasteiger partial charge in [-0.05, 0) is 19.1 Å². The SMILES string of the molecule is CSC1CCCCC1NC(=O)CCOCC(F)(F)F. The van der Waals surface area contributed by atoms with Gasteiger partial charge in [0.05, 0.1) is 6.61 Å². The van der Waals surface area contributed by atoms with Crippen LogP contribution in [0, 0.1) is 0 Å². The summed E-state index contributed by atoms with van der Waals surface area (Å²) >= 11 is 1.73. The highest BCUT2D eigenvalue weighted by molar-refractivity contribution is 7.99. The van der Waals surface area contributed by atoms with Crippen molar-refractivity contribution in [3.05, 3.63) is 0 Å². The predicted molar refractivity (Wildman–Crippen MR) is 69.2 cm³/mol. The molecule has 0 aromatic rings. The number of halogens is 3. The van der Waals surface area contributed by atoms with Gasteiger partial charge in [0.25, 0.3) is 0 Å². The van der Waals surface area contributed by atoms with E-state index in [1.807, 2.05) is 6.26 Å². The number of hydrogen-bond donors (Lipinski definition) is 1. The van der Waals surface area contributed by atoms with Gasteiger partial charge in [-0.25, -0.2) is 0 Å². The molecule has 19 heavy (non-hydrogen) atoms. The summed E-state index contributed by atoms with van der Waals surface area (Å²) < 4.78 is 39.9. The first-order valence-electron chi connectivity index (χ1n) is 6.39. The van der Waals surface area contributed by atoms with E-state index in [0.29, 0.717) is 5.25 Å². The second-order valence-corrected chi connectivity index (χ2v) is 5.73. The van der Waals surface area contributed by atoms with Gasteiger partial charge in [-0.2, -0.15) is 24.9 Å². The zero-order chi connectivity index (χ0) is 14.3.